The zero-order valence-corrected chi connectivity index (χ0v) is 6.31. The standard InChI is InChI=1S/C7H11N3O/c1-2-7(11-5-1)6-10-4-3-8-9-10/h3-4,7H,1-2,5-6H2. The molecule has 4 nitrogen and oxygen atoms in total. The monoisotopic (exact) mass is 153 g/mol. The summed E-state index contributed by atoms with van der Waals surface area (Å²) in [4.78, 5) is 0. The third-order valence-corrected chi connectivity index (χ3v) is 1.89. The molecular formula is C7H11N3O. The molecule has 1 aliphatic rings. The minimum Gasteiger partial charge on any atom is -0.376 e. The van der Waals surface area contributed by atoms with Crippen molar-refractivity contribution in [3.63, 3.8) is 0 Å². The summed E-state index contributed by atoms with van der Waals surface area (Å²) in [6.07, 6.45) is 6.24. The van der Waals surface area contributed by atoms with Crippen LogP contribution >= 0.6 is 0 Å². The molecule has 1 saturated heterocycles. The van der Waals surface area contributed by atoms with Crippen molar-refractivity contribution in [1.29, 1.82) is 0 Å². The highest BCUT2D eigenvalue weighted by molar-refractivity contribution is 4.69. The number of nitrogens with zero attached hydrogens (tertiary/aromatic N) is 3. The van der Waals surface area contributed by atoms with Gasteiger partial charge in [-0.15, -0.1) is 5.10 Å². The molecular weight excluding hydrogens is 142 g/mol. The predicted octanol–water partition coefficient (Wildman–Crippen LogP) is 0.457. The van der Waals surface area contributed by atoms with Crippen LogP contribution in [0.5, 0.6) is 0 Å². The summed E-state index contributed by atoms with van der Waals surface area (Å²) < 4.78 is 7.25. The molecule has 2 heterocycles. The Bertz CT molecular complexity index is 203. The van der Waals surface area contributed by atoms with E-state index in [-0.39, 0.29) is 0 Å². The van der Waals surface area contributed by atoms with Crippen LogP contribution in [-0.2, 0) is 11.3 Å². The highest BCUT2D eigenvalue weighted by Gasteiger charge is 2.15. The smallest absolute Gasteiger partial charge is 0.0772 e. The molecule has 0 N–H and O–H groups in total. The van der Waals surface area contributed by atoms with E-state index in [1.54, 1.807) is 6.20 Å². The molecule has 0 radical (unpaired) electrons. The van der Waals surface area contributed by atoms with Gasteiger partial charge in [-0.25, -0.2) is 4.68 Å². The molecule has 1 atom stereocenters. The van der Waals surface area contributed by atoms with Crippen LogP contribution in [0.4, 0.5) is 0 Å². The van der Waals surface area contributed by atoms with Gasteiger partial charge in [0.05, 0.1) is 18.8 Å². The lowest BCUT2D eigenvalue weighted by Gasteiger charge is -2.07. The summed E-state index contributed by atoms with van der Waals surface area (Å²) in [6.45, 7) is 1.75. The minimum absolute atomic E-state index is 0.358. The summed E-state index contributed by atoms with van der Waals surface area (Å²) in [5.74, 6) is 0. The average Bonchev–Trinajstić information content (AvgIpc) is 2.60. The van der Waals surface area contributed by atoms with E-state index in [0.717, 1.165) is 19.6 Å². The largest absolute Gasteiger partial charge is 0.376 e. The number of rotatable bonds is 2. The molecule has 1 fully saturated rings. The zero-order chi connectivity index (χ0) is 7.52. The Balaban J connectivity index is 1.90. The van der Waals surface area contributed by atoms with Gasteiger partial charge >= 0.3 is 0 Å². The van der Waals surface area contributed by atoms with Crippen LogP contribution in [0.2, 0.25) is 0 Å². The fraction of sp³-hybridized carbons (Fsp3) is 0.714. The van der Waals surface area contributed by atoms with Gasteiger partial charge in [-0.1, -0.05) is 5.21 Å². The molecule has 0 spiro atoms. The molecule has 1 unspecified atom stereocenters. The van der Waals surface area contributed by atoms with Gasteiger partial charge in [-0.3, -0.25) is 0 Å². The van der Waals surface area contributed by atoms with Gasteiger partial charge in [0, 0.05) is 12.8 Å². The van der Waals surface area contributed by atoms with E-state index in [9.17, 15) is 0 Å². The van der Waals surface area contributed by atoms with E-state index in [4.69, 9.17) is 4.74 Å². The number of hydrogen-bond acceptors (Lipinski definition) is 3. The highest BCUT2D eigenvalue weighted by Crippen LogP contribution is 2.12. The first-order valence-electron chi connectivity index (χ1n) is 3.91. The van der Waals surface area contributed by atoms with Crippen molar-refractivity contribution in [2.75, 3.05) is 6.61 Å². The van der Waals surface area contributed by atoms with Crippen LogP contribution in [0.25, 0.3) is 0 Å². The van der Waals surface area contributed by atoms with Crippen LogP contribution in [-0.4, -0.2) is 27.7 Å². The van der Waals surface area contributed by atoms with Crippen molar-refractivity contribution >= 4 is 0 Å². The molecule has 0 saturated carbocycles. The van der Waals surface area contributed by atoms with Crippen molar-refractivity contribution in [1.82, 2.24) is 15.0 Å². The first-order valence-corrected chi connectivity index (χ1v) is 3.91. The summed E-state index contributed by atoms with van der Waals surface area (Å²) in [5.41, 5.74) is 0. The van der Waals surface area contributed by atoms with Crippen molar-refractivity contribution in [3.8, 4) is 0 Å². The van der Waals surface area contributed by atoms with Gasteiger partial charge in [0.1, 0.15) is 0 Å². The molecule has 1 aliphatic heterocycles. The quantitative estimate of drug-likeness (QED) is 0.619. The molecule has 60 valence electrons. The zero-order valence-electron chi connectivity index (χ0n) is 6.31. The molecule has 1 aromatic heterocycles. The van der Waals surface area contributed by atoms with Gasteiger partial charge < -0.3 is 4.74 Å². The molecule has 0 aliphatic carbocycles. The Morgan fingerprint density at radius 1 is 1.64 bits per heavy atom. The van der Waals surface area contributed by atoms with Crippen molar-refractivity contribution in [3.05, 3.63) is 12.4 Å². The predicted molar refractivity (Wildman–Crippen MR) is 39.0 cm³/mol. The lowest BCUT2D eigenvalue weighted by atomic mass is 10.2. The first kappa shape index (κ1) is 6.79. The van der Waals surface area contributed by atoms with E-state index in [1.807, 2.05) is 10.9 Å². The van der Waals surface area contributed by atoms with Crippen molar-refractivity contribution < 1.29 is 4.74 Å². The van der Waals surface area contributed by atoms with Gasteiger partial charge in [0.15, 0.2) is 0 Å². The Kier molecular flexibility index (Phi) is 1.85. The second-order valence-electron chi connectivity index (χ2n) is 2.76. The molecule has 0 amide bonds. The lowest BCUT2D eigenvalue weighted by molar-refractivity contribution is 0.0935. The average molecular weight is 153 g/mol. The topological polar surface area (TPSA) is 39.9 Å². The third kappa shape index (κ3) is 1.57. The Morgan fingerprint density at radius 3 is 3.27 bits per heavy atom. The number of hydrogen-bond donors (Lipinski definition) is 0. The Hall–Kier alpha value is -0.900. The Labute approximate surface area is 65.2 Å². The fourth-order valence-corrected chi connectivity index (χ4v) is 1.33. The van der Waals surface area contributed by atoms with Crippen molar-refractivity contribution in [2.45, 2.75) is 25.5 Å². The van der Waals surface area contributed by atoms with Crippen LogP contribution in [0.15, 0.2) is 12.4 Å². The van der Waals surface area contributed by atoms with Crippen LogP contribution in [0.3, 0.4) is 0 Å². The molecule has 2 rings (SSSR count). The van der Waals surface area contributed by atoms with Gasteiger partial charge in [-0.05, 0) is 12.8 Å². The SMILES string of the molecule is c1cn(CC2CCCO2)nn1. The summed E-state index contributed by atoms with van der Waals surface area (Å²) in [6, 6.07) is 0. The fourth-order valence-electron chi connectivity index (χ4n) is 1.33. The maximum atomic E-state index is 5.44. The minimum atomic E-state index is 0.358. The molecule has 0 aromatic carbocycles. The number of aromatic nitrogens is 3. The van der Waals surface area contributed by atoms with Gasteiger partial charge in [0.2, 0.25) is 0 Å². The maximum Gasteiger partial charge on any atom is 0.0772 e. The first-order chi connectivity index (χ1) is 5.45. The highest BCUT2D eigenvalue weighted by atomic mass is 16.5. The van der Waals surface area contributed by atoms with Crippen LogP contribution < -0.4 is 0 Å². The summed E-state index contributed by atoms with van der Waals surface area (Å²) in [7, 11) is 0. The van der Waals surface area contributed by atoms with Crippen molar-refractivity contribution in [2.24, 2.45) is 0 Å². The second-order valence-corrected chi connectivity index (χ2v) is 2.76. The molecule has 4 heteroatoms. The maximum absolute atomic E-state index is 5.44. The molecule has 0 bridgehead atoms. The van der Waals surface area contributed by atoms with E-state index in [0.29, 0.717) is 6.10 Å². The lowest BCUT2D eigenvalue weighted by Crippen LogP contribution is -2.15. The van der Waals surface area contributed by atoms with Crippen LogP contribution in [0, 0.1) is 0 Å². The molecule has 11 heavy (non-hydrogen) atoms. The number of ether oxygens (including phenoxy) is 1. The van der Waals surface area contributed by atoms with E-state index < -0.39 is 0 Å². The van der Waals surface area contributed by atoms with Crippen LogP contribution in [0.1, 0.15) is 12.8 Å². The Morgan fingerprint density at radius 2 is 2.64 bits per heavy atom. The van der Waals surface area contributed by atoms with Gasteiger partial charge in [0.25, 0.3) is 0 Å². The molecule has 1 aromatic rings. The summed E-state index contributed by atoms with van der Waals surface area (Å²) in [5, 5.41) is 7.59. The van der Waals surface area contributed by atoms with E-state index in [2.05, 4.69) is 10.3 Å². The second kappa shape index (κ2) is 3.00. The normalized spacial score (nSPS) is 24.2. The van der Waals surface area contributed by atoms with E-state index >= 15 is 0 Å². The third-order valence-electron chi connectivity index (χ3n) is 1.89. The van der Waals surface area contributed by atoms with Gasteiger partial charge in [-0.2, -0.15) is 0 Å². The summed E-state index contributed by atoms with van der Waals surface area (Å²) >= 11 is 0. The van der Waals surface area contributed by atoms with E-state index in [1.165, 1.54) is 6.42 Å².